The monoisotopic (exact) mass is 340 g/mol. The van der Waals surface area contributed by atoms with E-state index in [-0.39, 0.29) is 11.8 Å². The SMILES string of the molecule is O=S1(=O)CC[C@H](NCCCn2ccnn2)c2cc(Cl)ccc21. The zero-order valence-corrected chi connectivity index (χ0v) is 13.5. The third kappa shape index (κ3) is 3.31. The number of aryl methyl sites for hydroxylation is 1. The Bertz CT molecular complexity index is 746. The van der Waals surface area contributed by atoms with Crippen molar-refractivity contribution in [3.8, 4) is 0 Å². The molecule has 1 atom stereocenters. The fourth-order valence-electron chi connectivity index (χ4n) is 2.69. The van der Waals surface area contributed by atoms with Gasteiger partial charge in [0.1, 0.15) is 0 Å². The second-order valence-corrected chi connectivity index (χ2v) is 7.83. The number of nitrogens with zero attached hydrogens (tertiary/aromatic N) is 3. The van der Waals surface area contributed by atoms with Crippen LogP contribution in [0.2, 0.25) is 5.02 Å². The molecule has 1 aromatic heterocycles. The second-order valence-electron chi connectivity index (χ2n) is 5.32. The highest BCUT2D eigenvalue weighted by atomic mass is 35.5. The number of sulfone groups is 1. The topological polar surface area (TPSA) is 76.9 Å². The van der Waals surface area contributed by atoms with Crippen molar-refractivity contribution in [3.05, 3.63) is 41.2 Å². The van der Waals surface area contributed by atoms with Crippen molar-refractivity contribution in [1.82, 2.24) is 20.3 Å². The first kappa shape index (κ1) is 15.5. The van der Waals surface area contributed by atoms with E-state index in [9.17, 15) is 8.42 Å². The molecule has 0 bridgehead atoms. The summed E-state index contributed by atoms with van der Waals surface area (Å²) in [6.45, 7) is 1.55. The molecule has 22 heavy (non-hydrogen) atoms. The van der Waals surface area contributed by atoms with Crippen molar-refractivity contribution >= 4 is 21.4 Å². The molecule has 0 amide bonds. The summed E-state index contributed by atoms with van der Waals surface area (Å²) < 4.78 is 26.0. The molecule has 0 saturated heterocycles. The number of hydrogen-bond donors (Lipinski definition) is 1. The molecule has 1 aromatic carbocycles. The number of hydrogen-bond acceptors (Lipinski definition) is 5. The Morgan fingerprint density at radius 3 is 3.05 bits per heavy atom. The van der Waals surface area contributed by atoms with Crippen LogP contribution in [-0.2, 0) is 16.4 Å². The number of benzene rings is 1. The van der Waals surface area contributed by atoms with E-state index in [0.717, 1.165) is 25.1 Å². The minimum atomic E-state index is -3.18. The van der Waals surface area contributed by atoms with E-state index < -0.39 is 9.84 Å². The third-order valence-electron chi connectivity index (χ3n) is 3.78. The molecule has 0 spiro atoms. The summed E-state index contributed by atoms with van der Waals surface area (Å²) >= 11 is 6.02. The molecule has 1 aliphatic rings. The largest absolute Gasteiger partial charge is 0.310 e. The lowest BCUT2D eigenvalue weighted by Crippen LogP contribution is -2.30. The predicted molar refractivity (Wildman–Crippen MR) is 83.5 cm³/mol. The highest BCUT2D eigenvalue weighted by Crippen LogP contribution is 2.33. The highest BCUT2D eigenvalue weighted by molar-refractivity contribution is 7.91. The van der Waals surface area contributed by atoms with Crippen LogP contribution >= 0.6 is 11.6 Å². The molecule has 2 heterocycles. The van der Waals surface area contributed by atoms with Crippen LogP contribution in [-0.4, -0.2) is 35.7 Å². The van der Waals surface area contributed by atoms with Crippen molar-refractivity contribution in [3.63, 3.8) is 0 Å². The Hall–Kier alpha value is -1.44. The molecule has 0 fully saturated rings. The molecular formula is C14H17ClN4O2S. The fraction of sp³-hybridized carbons (Fsp3) is 0.429. The van der Waals surface area contributed by atoms with Gasteiger partial charge < -0.3 is 5.32 Å². The van der Waals surface area contributed by atoms with Crippen LogP contribution in [0.3, 0.4) is 0 Å². The molecule has 0 aliphatic carbocycles. The fourth-order valence-corrected chi connectivity index (χ4v) is 4.48. The van der Waals surface area contributed by atoms with Crippen molar-refractivity contribution in [2.75, 3.05) is 12.3 Å². The molecule has 3 rings (SSSR count). The van der Waals surface area contributed by atoms with Gasteiger partial charge in [0.05, 0.1) is 16.8 Å². The molecule has 0 radical (unpaired) electrons. The van der Waals surface area contributed by atoms with Crippen molar-refractivity contribution in [1.29, 1.82) is 0 Å². The van der Waals surface area contributed by atoms with Gasteiger partial charge in [0.25, 0.3) is 0 Å². The summed E-state index contributed by atoms with van der Waals surface area (Å²) in [7, 11) is -3.18. The first-order chi connectivity index (χ1) is 10.6. The average Bonchev–Trinajstić information content (AvgIpc) is 2.98. The van der Waals surface area contributed by atoms with Crippen LogP contribution in [0.4, 0.5) is 0 Å². The average molecular weight is 341 g/mol. The van der Waals surface area contributed by atoms with Gasteiger partial charge in [-0.05, 0) is 43.1 Å². The Morgan fingerprint density at radius 1 is 1.41 bits per heavy atom. The van der Waals surface area contributed by atoms with Crippen LogP contribution in [0.25, 0.3) is 0 Å². The van der Waals surface area contributed by atoms with E-state index in [2.05, 4.69) is 15.6 Å². The van der Waals surface area contributed by atoms with E-state index in [4.69, 9.17) is 11.6 Å². The lowest BCUT2D eigenvalue weighted by atomic mass is 10.0. The van der Waals surface area contributed by atoms with Gasteiger partial charge in [-0.1, -0.05) is 16.8 Å². The van der Waals surface area contributed by atoms with Crippen LogP contribution in [0, 0.1) is 0 Å². The predicted octanol–water partition coefficient (Wildman–Crippen LogP) is 1.83. The van der Waals surface area contributed by atoms with Crippen molar-refractivity contribution < 1.29 is 8.42 Å². The molecular weight excluding hydrogens is 324 g/mol. The maximum atomic E-state index is 12.1. The van der Waals surface area contributed by atoms with E-state index in [1.54, 1.807) is 29.1 Å². The Morgan fingerprint density at radius 2 is 2.27 bits per heavy atom. The Kier molecular flexibility index (Phi) is 4.46. The summed E-state index contributed by atoms with van der Waals surface area (Å²) in [5.41, 5.74) is 0.777. The van der Waals surface area contributed by atoms with Crippen molar-refractivity contribution in [2.24, 2.45) is 0 Å². The smallest absolute Gasteiger partial charge is 0.178 e. The van der Waals surface area contributed by atoms with Gasteiger partial charge in [-0.3, -0.25) is 4.68 Å². The van der Waals surface area contributed by atoms with Gasteiger partial charge >= 0.3 is 0 Å². The van der Waals surface area contributed by atoms with Crippen LogP contribution in [0.15, 0.2) is 35.5 Å². The van der Waals surface area contributed by atoms with Gasteiger partial charge in [-0.25, -0.2) is 8.42 Å². The highest BCUT2D eigenvalue weighted by Gasteiger charge is 2.29. The van der Waals surface area contributed by atoms with E-state index in [0.29, 0.717) is 16.3 Å². The molecule has 2 aromatic rings. The standard InChI is InChI=1S/C14H17ClN4O2S/c15-11-2-3-14-12(10-11)13(4-9-22(14,20)21)16-5-1-7-19-8-6-17-18-19/h2-3,6,8,10,13,16H,1,4-5,7,9H2/t13-/m0/s1. The molecule has 118 valence electrons. The van der Waals surface area contributed by atoms with Gasteiger partial charge in [0.15, 0.2) is 9.84 Å². The third-order valence-corrected chi connectivity index (χ3v) is 5.83. The summed E-state index contributed by atoms with van der Waals surface area (Å²) in [4.78, 5) is 0.400. The molecule has 0 saturated carbocycles. The van der Waals surface area contributed by atoms with Gasteiger partial charge in [-0.15, -0.1) is 5.10 Å². The summed E-state index contributed by atoms with van der Waals surface area (Å²) in [6, 6.07) is 5.01. The lowest BCUT2D eigenvalue weighted by Gasteiger charge is -2.26. The number of aromatic nitrogens is 3. The molecule has 1 N–H and O–H groups in total. The molecule has 0 unspecified atom stereocenters. The quantitative estimate of drug-likeness (QED) is 0.840. The van der Waals surface area contributed by atoms with Crippen LogP contribution in [0.5, 0.6) is 0 Å². The lowest BCUT2D eigenvalue weighted by molar-refractivity contribution is 0.462. The first-order valence-electron chi connectivity index (χ1n) is 7.16. The Labute approximate surface area is 134 Å². The number of halogens is 1. The van der Waals surface area contributed by atoms with E-state index in [1.165, 1.54) is 0 Å². The zero-order valence-electron chi connectivity index (χ0n) is 11.9. The minimum Gasteiger partial charge on any atom is -0.310 e. The van der Waals surface area contributed by atoms with Crippen LogP contribution < -0.4 is 5.32 Å². The maximum absolute atomic E-state index is 12.1. The summed E-state index contributed by atoms with van der Waals surface area (Å²) in [5.74, 6) is 0.169. The number of nitrogens with one attached hydrogen (secondary N) is 1. The van der Waals surface area contributed by atoms with Gasteiger partial charge in [0, 0.05) is 23.8 Å². The minimum absolute atomic E-state index is 0.0213. The van der Waals surface area contributed by atoms with E-state index in [1.807, 2.05) is 6.20 Å². The van der Waals surface area contributed by atoms with E-state index >= 15 is 0 Å². The number of rotatable bonds is 5. The Balaban J connectivity index is 1.66. The normalized spacial score (nSPS) is 19.8. The van der Waals surface area contributed by atoms with Gasteiger partial charge in [0.2, 0.25) is 0 Å². The number of fused-ring (bicyclic) bond motifs is 1. The summed E-state index contributed by atoms with van der Waals surface area (Å²) in [5, 5.41) is 11.6. The summed E-state index contributed by atoms with van der Waals surface area (Å²) in [6.07, 6.45) is 4.93. The molecule has 1 aliphatic heterocycles. The molecule has 6 nitrogen and oxygen atoms in total. The first-order valence-corrected chi connectivity index (χ1v) is 9.19. The zero-order chi connectivity index (χ0) is 15.6. The molecule has 8 heteroatoms. The van der Waals surface area contributed by atoms with Crippen LogP contribution in [0.1, 0.15) is 24.4 Å². The second kappa shape index (κ2) is 6.36. The maximum Gasteiger partial charge on any atom is 0.178 e. The van der Waals surface area contributed by atoms with Crippen molar-refractivity contribution in [2.45, 2.75) is 30.3 Å². The van der Waals surface area contributed by atoms with Gasteiger partial charge in [-0.2, -0.15) is 0 Å².